The summed E-state index contributed by atoms with van der Waals surface area (Å²) in [5, 5.41) is 19.3. The first-order valence-electron chi connectivity index (χ1n) is 5.42. The highest BCUT2D eigenvalue weighted by Crippen LogP contribution is 2.23. The van der Waals surface area contributed by atoms with Crippen molar-refractivity contribution in [3.05, 3.63) is 29.8 Å². The first kappa shape index (κ1) is 12.1. The van der Waals surface area contributed by atoms with Gasteiger partial charge in [0, 0.05) is 0 Å². The summed E-state index contributed by atoms with van der Waals surface area (Å²) in [6.45, 7) is 5.89. The Morgan fingerprint density at radius 1 is 1.33 bits per heavy atom. The molecular formula is C13H20O2. The Balaban J connectivity index is 2.57. The maximum Gasteiger partial charge on any atom is 0.115 e. The van der Waals surface area contributed by atoms with Gasteiger partial charge in [0.05, 0.1) is 5.60 Å². The Bertz CT molecular complexity index is 316. The van der Waals surface area contributed by atoms with E-state index in [0.29, 0.717) is 6.42 Å². The summed E-state index contributed by atoms with van der Waals surface area (Å²) in [5.41, 5.74) is 0.432. The van der Waals surface area contributed by atoms with Gasteiger partial charge >= 0.3 is 0 Å². The van der Waals surface area contributed by atoms with Crippen LogP contribution in [0.5, 0.6) is 5.75 Å². The maximum atomic E-state index is 10.1. The Morgan fingerprint density at radius 2 is 2.00 bits per heavy atom. The van der Waals surface area contributed by atoms with Crippen molar-refractivity contribution >= 4 is 0 Å². The van der Waals surface area contributed by atoms with E-state index in [2.05, 4.69) is 0 Å². The fraction of sp³-hybridized carbons (Fsp3) is 0.538. The molecule has 1 unspecified atom stereocenters. The number of phenolic OH excluding ortho intramolecular Hbond substituents is 1. The van der Waals surface area contributed by atoms with Gasteiger partial charge in [-0.05, 0) is 43.4 Å². The molecule has 15 heavy (non-hydrogen) atoms. The Labute approximate surface area is 91.6 Å². The summed E-state index contributed by atoms with van der Waals surface area (Å²) in [4.78, 5) is 0. The maximum absolute atomic E-state index is 10.1. The van der Waals surface area contributed by atoms with E-state index in [-0.39, 0.29) is 11.7 Å². The van der Waals surface area contributed by atoms with E-state index in [4.69, 9.17) is 0 Å². The predicted octanol–water partition coefficient (Wildman–Crippen LogP) is 2.73. The third kappa shape index (κ3) is 3.56. The lowest BCUT2D eigenvalue weighted by molar-refractivity contribution is 0.00567. The monoisotopic (exact) mass is 208 g/mol. The lowest BCUT2D eigenvalue weighted by Crippen LogP contribution is -2.31. The molecule has 0 aliphatic heterocycles. The molecule has 2 N–H and O–H groups in total. The van der Waals surface area contributed by atoms with E-state index in [1.807, 2.05) is 32.9 Å². The SMILES string of the molecule is CC(C)C(C)(O)CCc1cccc(O)c1. The van der Waals surface area contributed by atoms with E-state index < -0.39 is 5.60 Å². The van der Waals surface area contributed by atoms with Gasteiger partial charge in [-0.25, -0.2) is 0 Å². The topological polar surface area (TPSA) is 40.5 Å². The Kier molecular flexibility index (Phi) is 3.75. The summed E-state index contributed by atoms with van der Waals surface area (Å²) in [5.74, 6) is 0.534. The molecular weight excluding hydrogens is 188 g/mol. The zero-order valence-electron chi connectivity index (χ0n) is 9.70. The highest BCUT2D eigenvalue weighted by molar-refractivity contribution is 5.27. The highest BCUT2D eigenvalue weighted by atomic mass is 16.3. The Hall–Kier alpha value is -1.02. The number of rotatable bonds is 4. The van der Waals surface area contributed by atoms with Crippen molar-refractivity contribution in [1.29, 1.82) is 0 Å². The van der Waals surface area contributed by atoms with Gasteiger partial charge in [0.15, 0.2) is 0 Å². The van der Waals surface area contributed by atoms with Crippen LogP contribution < -0.4 is 0 Å². The van der Waals surface area contributed by atoms with Crippen LogP contribution in [0.15, 0.2) is 24.3 Å². The molecule has 0 aliphatic carbocycles. The van der Waals surface area contributed by atoms with Crippen LogP contribution in [0.2, 0.25) is 0 Å². The zero-order valence-corrected chi connectivity index (χ0v) is 9.70. The van der Waals surface area contributed by atoms with E-state index in [9.17, 15) is 10.2 Å². The molecule has 0 spiro atoms. The van der Waals surface area contributed by atoms with Crippen LogP contribution in [-0.2, 0) is 6.42 Å². The van der Waals surface area contributed by atoms with E-state index in [0.717, 1.165) is 12.0 Å². The molecule has 0 heterocycles. The number of benzene rings is 1. The summed E-state index contributed by atoms with van der Waals surface area (Å²) in [6, 6.07) is 7.20. The van der Waals surface area contributed by atoms with Gasteiger partial charge in [-0.15, -0.1) is 0 Å². The van der Waals surface area contributed by atoms with Crippen LogP contribution in [0.1, 0.15) is 32.8 Å². The van der Waals surface area contributed by atoms with Crippen LogP contribution in [-0.4, -0.2) is 15.8 Å². The van der Waals surface area contributed by atoms with Crippen molar-refractivity contribution in [2.75, 3.05) is 0 Å². The van der Waals surface area contributed by atoms with Crippen LogP contribution in [0.25, 0.3) is 0 Å². The minimum absolute atomic E-state index is 0.245. The fourth-order valence-electron chi connectivity index (χ4n) is 1.40. The van der Waals surface area contributed by atoms with Crippen LogP contribution in [0, 0.1) is 5.92 Å². The third-order valence-corrected chi connectivity index (χ3v) is 3.07. The number of hydrogen-bond acceptors (Lipinski definition) is 2. The number of hydrogen-bond donors (Lipinski definition) is 2. The summed E-state index contributed by atoms with van der Waals surface area (Å²) in [7, 11) is 0. The number of phenols is 1. The van der Waals surface area contributed by atoms with Crippen molar-refractivity contribution in [1.82, 2.24) is 0 Å². The van der Waals surface area contributed by atoms with Crippen molar-refractivity contribution in [2.24, 2.45) is 5.92 Å². The second-order valence-electron chi connectivity index (χ2n) is 4.68. The zero-order chi connectivity index (χ0) is 11.5. The van der Waals surface area contributed by atoms with Gasteiger partial charge in [0.2, 0.25) is 0 Å². The molecule has 1 aromatic rings. The molecule has 0 aliphatic rings. The normalized spacial score (nSPS) is 15.3. The molecule has 0 saturated heterocycles. The smallest absolute Gasteiger partial charge is 0.115 e. The first-order chi connectivity index (χ1) is 6.92. The standard InChI is InChI=1S/C13H20O2/c1-10(2)13(3,15)8-7-11-5-4-6-12(14)9-11/h4-6,9-10,14-15H,7-8H2,1-3H3. The van der Waals surface area contributed by atoms with Gasteiger partial charge in [-0.2, -0.15) is 0 Å². The van der Waals surface area contributed by atoms with Gasteiger partial charge in [-0.3, -0.25) is 0 Å². The van der Waals surface area contributed by atoms with Crippen molar-refractivity contribution in [3.63, 3.8) is 0 Å². The van der Waals surface area contributed by atoms with Gasteiger partial charge < -0.3 is 10.2 Å². The second kappa shape index (κ2) is 4.67. The van der Waals surface area contributed by atoms with E-state index in [1.54, 1.807) is 12.1 Å². The Morgan fingerprint density at radius 3 is 2.53 bits per heavy atom. The lowest BCUT2D eigenvalue weighted by atomic mass is 9.87. The van der Waals surface area contributed by atoms with Crippen molar-refractivity contribution in [3.8, 4) is 5.75 Å². The van der Waals surface area contributed by atoms with Crippen molar-refractivity contribution < 1.29 is 10.2 Å². The van der Waals surface area contributed by atoms with Crippen LogP contribution in [0.4, 0.5) is 0 Å². The molecule has 0 bridgehead atoms. The minimum Gasteiger partial charge on any atom is -0.508 e. The van der Waals surface area contributed by atoms with Gasteiger partial charge in [0.1, 0.15) is 5.75 Å². The molecule has 1 atom stereocenters. The average molecular weight is 208 g/mol. The predicted molar refractivity (Wildman–Crippen MR) is 61.9 cm³/mol. The molecule has 1 aromatic carbocycles. The second-order valence-corrected chi connectivity index (χ2v) is 4.68. The largest absolute Gasteiger partial charge is 0.508 e. The first-order valence-corrected chi connectivity index (χ1v) is 5.42. The molecule has 0 aromatic heterocycles. The van der Waals surface area contributed by atoms with Gasteiger partial charge in [0.25, 0.3) is 0 Å². The lowest BCUT2D eigenvalue weighted by Gasteiger charge is -2.27. The van der Waals surface area contributed by atoms with Crippen molar-refractivity contribution in [2.45, 2.75) is 39.2 Å². The molecule has 2 nitrogen and oxygen atoms in total. The van der Waals surface area contributed by atoms with Crippen LogP contribution >= 0.6 is 0 Å². The van der Waals surface area contributed by atoms with E-state index >= 15 is 0 Å². The minimum atomic E-state index is -0.633. The molecule has 0 fully saturated rings. The summed E-state index contributed by atoms with van der Waals surface area (Å²) >= 11 is 0. The summed E-state index contributed by atoms with van der Waals surface area (Å²) in [6.07, 6.45) is 1.51. The fourth-order valence-corrected chi connectivity index (χ4v) is 1.40. The third-order valence-electron chi connectivity index (χ3n) is 3.07. The average Bonchev–Trinajstić information content (AvgIpc) is 2.15. The molecule has 2 heteroatoms. The number of aliphatic hydroxyl groups is 1. The number of aromatic hydroxyl groups is 1. The quantitative estimate of drug-likeness (QED) is 0.798. The molecule has 0 saturated carbocycles. The van der Waals surface area contributed by atoms with Gasteiger partial charge in [-0.1, -0.05) is 26.0 Å². The highest BCUT2D eigenvalue weighted by Gasteiger charge is 2.24. The summed E-state index contributed by atoms with van der Waals surface area (Å²) < 4.78 is 0. The molecule has 84 valence electrons. The van der Waals surface area contributed by atoms with Crippen LogP contribution in [0.3, 0.4) is 0 Å². The molecule has 1 rings (SSSR count). The van der Waals surface area contributed by atoms with E-state index in [1.165, 1.54) is 0 Å². The molecule has 0 radical (unpaired) electrons. The molecule has 0 amide bonds. The number of aryl methyl sites for hydroxylation is 1.